The molecule has 1 amide bonds. The molecule has 1 fully saturated rings. The quantitative estimate of drug-likeness (QED) is 0.780. The number of nitrogens with zero attached hydrogens (tertiary/aromatic N) is 3. The lowest BCUT2D eigenvalue weighted by atomic mass is 10.1. The van der Waals surface area contributed by atoms with Crippen molar-refractivity contribution in [3.05, 3.63) is 66.0 Å². The Morgan fingerprint density at radius 3 is 2.58 bits per heavy atom. The van der Waals surface area contributed by atoms with Gasteiger partial charge in [-0.1, -0.05) is 18.2 Å². The van der Waals surface area contributed by atoms with E-state index in [1.165, 1.54) is 24.9 Å². The van der Waals surface area contributed by atoms with Gasteiger partial charge in [-0.25, -0.2) is 4.52 Å². The Balaban J connectivity index is 1.43. The second kappa shape index (κ2) is 7.20. The number of nitrogens with one attached hydrogen (secondary N) is 1. The first-order valence-corrected chi connectivity index (χ1v) is 9.31. The highest BCUT2D eigenvalue weighted by molar-refractivity contribution is 5.93. The molecule has 1 aromatic carbocycles. The van der Waals surface area contributed by atoms with Crippen molar-refractivity contribution in [1.82, 2.24) is 14.9 Å². The molecule has 4 rings (SSSR count). The highest BCUT2D eigenvalue weighted by Gasteiger charge is 2.16. The molecule has 5 heteroatoms. The van der Waals surface area contributed by atoms with Crippen molar-refractivity contribution in [3.63, 3.8) is 0 Å². The van der Waals surface area contributed by atoms with Gasteiger partial charge in [-0.15, -0.1) is 0 Å². The van der Waals surface area contributed by atoms with Gasteiger partial charge in [0.25, 0.3) is 5.91 Å². The van der Waals surface area contributed by atoms with E-state index >= 15 is 0 Å². The standard InChI is InChI=1S/C21H24N4O/c1-16(17-8-10-18(11-9-17)24-12-4-2-5-13-24)22-21(26)20-15-19-7-3-6-14-25(19)23-20/h3,6-11,14-16H,2,4-5,12-13H2,1H3,(H,22,26). The van der Waals surface area contributed by atoms with Gasteiger partial charge in [0, 0.05) is 25.0 Å². The number of carbonyl (C=O) groups is 1. The van der Waals surface area contributed by atoms with Gasteiger partial charge in [0.05, 0.1) is 11.6 Å². The van der Waals surface area contributed by atoms with Gasteiger partial charge in [-0.3, -0.25) is 4.79 Å². The van der Waals surface area contributed by atoms with Crippen LogP contribution in [0.25, 0.3) is 5.52 Å². The number of hydrogen-bond acceptors (Lipinski definition) is 3. The molecule has 2 aromatic heterocycles. The first kappa shape index (κ1) is 16.6. The SMILES string of the molecule is CC(NC(=O)c1cc2ccccn2n1)c1ccc(N2CCCCC2)cc1. The summed E-state index contributed by atoms with van der Waals surface area (Å²) < 4.78 is 1.72. The number of fused-ring (bicyclic) bond motifs is 1. The topological polar surface area (TPSA) is 49.6 Å². The minimum absolute atomic E-state index is 0.0669. The average molecular weight is 348 g/mol. The molecule has 3 heterocycles. The fraction of sp³-hybridized carbons (Fsp3) is 0.333. The fourth-order valence-corrected chi connectivity index (χ4v) is 3.53. The van der Waals surface area contributed by atoms with Crippen LogP contribution in [0.2, 0.25) is 0 Å². The molecule has 0 spiro atoms. The third-order valence-electron chi connectivity index (χ3n) is 5.06. The first-order chi connectivity index (χ1) is 12.7. The second-order valence-corrected chi connectivity index (χ2v) is 6.93. The van der Waals surface area contributed by atoms with Gasteiger partial charge in [0.15, 0.2) is 5.69 Å². The van der Waals surface area contributed by atoms with E-state index in [0.29, 0.717) is 5.69 Å². The number of aromatic nitrogens is 2. The summed E-state index contributed by atoms with van der Waals surface area (Å²) in [5.74, 6) is -0.152. The maximum atomic E-state index is 12.5. The highest BCUT2D eigenvalue weighted by Crippen LogP contribution is 2.22. The van der Waals surface area contributed by atoms with Crippen molar-refractivity contribution in [3.8, 4) is 0 Å². The molecule has 1 atom stereocenters. The third kappa shape index (κ3) is 3.43. The number of carbonyl (C=O) groups excluding carboxylic acids is 1. The molecule has 1 aliphatic rings. The Hall–Kier alpha value is -2.82. The maximum Gasteiger partial charge on any atom is 0.272 e. The number of hydrogen-bond donors (Lipinski definition) is 1. The number of benzene rings is 1. The van der Waals surface area contributed by atoms with Crippen LogP contribution in [0.15, 0.2) is 54.7 Å². The smallest absolute Gasteiger partial charge is 0.272 e. The van der Waals surface area contributed by atoms with Crippen molar-refractivity contribution >= 4 is 17.1 Å². The lowest BCUT2D eigenvalue weighted by Crippen LogP contribution is -2.29. The lowest BCUT2D eigenvalue weighted by Gasteiger charge is -2.29. The van der Waals surface area contributed by atoms with Crippen molar-refractivity contribution < 1.29 is 4.79 Å². The maximum absolute atomic E-state index is 12.5. The number of piperidine rings is 1. The highest BCUT2D eigenvalue weighted by atomic mass is 16.2. The van der Waals surface area contributed by atoms with E-state index in [1.807, 2.05) is 37.4 Å². The summed E-state index contributed by atoms with van der Waals surface area (Å²) in [5, 5.41) is 7.38. The van der Waals surface area contributed by atoms with Gasteiger partial charge in [0.2, 0.25) is 0 Å². The van der Waals surface area contributed by atoms with Crippen LogP contribution in [0.5, 0.6) is 0 Å². The van der Waals surface area contributed by atoms with E-state index in [-0.39, 0.29) is 11.9 Å². The molecular weight excluding hydrogens is 324 g/mol. The zero-order chi connectivity index (χ0) is 17.9. The average Bonchev–Trinajstić information content (AvgIpc) is 3.13. The minimum Gasteiger partial charge on any atom is -0.372 e. The molecule has 1 saturated heterocycles. The summed E-state index contributed by atoms with van der Waals surface area (Å²) >= 11 is 0. The number of anilines is 1. The Morgan fingerprint density at radius 1 is 1.08 bits per heavy atom. The summed E-state index contributed by atoms with van der Waals surface area (Å²) in [6.07, 6.45) is 5.72. The lowest BCUT2D eigenvalue weighted by molar-refractivity contribution is 0.0934. The van der Waals surface area contributed by atoms with Crippen molar-refractivity contribution in [2.24, 2.45) is 0 Å². The Morgan fingerprint density at radius 2 is 1.85 bits per heavy atom. The normalized spacial score (nSPS) is 15.8. The summed E-state index contributed by atoms with van der Waals surface area (Å²) in [6.45, 7) is 4.28. The number of amides is 1. The molecule has 0 radical (unpaired) electrons. The van der Waals surface area contributed by atoms with E-state index in [9.17, 15) is 4.79 Å². The van der Waals surface area contributed by atoms with Crippen LogP contribution in [-0.4, -0.2) is 28.6 Å². The second-order valence-electron chi connectivity index (χ2n) is 6.93. The predicted molar refractivity (Wildman–Crippen MR) is 104 cm³/mol. The summed E-state index contributed by atoms with van der Waals surface area (Å²) in [5.41, 5.74) is 3.72. The van der Waals surface area contributed by atoms with Crippen molar-refractivity contribution in [2.75, 3.05) is 18.0 Å². The van der Waals surface area contributed by atoms with E-state index in [0.717, 1.165) is 24.2 Å². The number of rotatable bonds is 4. The third-order valence-corrected chi connectivity index (χ3v) is 5.06. The molecule has 3 aromatic rings. The van der Waals surface area contributed by atoms with E-state index in [4.69, 9.17) is 0 Å². The van der Waals surface area contributed by atoms with E-state index < -0.39 is 0 Å². The van der Waals surface area contributed by atoms with Gasteiger partial charge in [-0.05, 0) is 62.1 Å². The fourth-order valence-electron chi connectivity index (χ4n) is 3.53. The Labute approximate surface area is 153 Å². The zero-order valence-electron chi connectivity index (χ0n) is 15.1. The molecular formula is C21H24N4O. The molecule has 1 aliphatic heterocycles. The number of pyridine rings is 1. The molecule has 1 N–H and O–H groups in total. The monoisotopic (exact) mass is 348 g/mol. The van der Waals surface area contributed by atoms with Gasteiger partial charge in [0.1, 0.15) is 0 Å². The van der Waals surface area contributed by atoms with E-state index in [2.05, 4.69) is 39.6 Å². The largest absolute Gasteiger partial charge is 0.372 e. The summed E-state index contributed by atoms with van der Waals surface area (Å²) in [6, 6.07) is 16.1. The van der Waals surface area contributed by atoms with Crippen molar-refractivity contribution in [2.45, 2.75) is 32.2 Å². The summed E-state index contributed by atoms with van der Waals surface area (Å²) in [4.78, 5) is 15.0. The van der Waals surface area contributed by atoms with Gasteiger partial charge >= 0.3 is 0 Å². The van der Waals surface area contributed by atoms with Crippen LogP contribution in [0.1, 0.15) is 48.3 Å². The van der Waals surface area contributed by atoms with Gasteiger partial charge < -0.3 is 10.2 Å². The molecule has 26 heavy (non-hydrogen) atoms. The van der Waals surface area contributed by atoms with Crippen LogP contribution in [0, 0.1) is 0 Å². The Kier molecular flexibility index (Phi) is 4.61. The minimum atomic E-state index is -0.152. The Bertz CT molecular complexity index is 861. The van der Waals surface area contributed by atoms with Gasteiger partial charge in [-0.2, -0.15) is 5.10 Å². The molecule has 0 saturated carbocycles. The van der Waals surface area contributed by atoms with Crippen LogP contribution >= 0.6 is 0 Å². The summed E-state index contributed by atoms with van der Waals surface area (Å²) in [7, 11) is 0. The van der Waals surface area contributed by atoms with Crippen LogP contribution in [0.3, 0.4) is 0 Å². The molecule has 5 nitrogen and oxygen atoms in total. The van der Waals surface area contributed by atoms with Crippen LogP contribution < -0.4 is 10.2 Å². The molecule has 1 unspecified atom stereocenters. The molecule has 134 valence electrons. The van der Waals surface area contributed by atoms with E-state index in [1.54, 1.807) is 4.52 Å². The molecule has 0 bridgehead atoms. The van der Waals surface area contributed by atoms with Crippen LogP contribution in [-0.2, 0) is 0 Å². The molecule has 0 aliphatic carbocycles. The van der Waals surface area contributed by atoms with Crippen molar-refractivity contribution in [1.29, 1.82) is 0 Å². The zero-order valence-corrected chi connectivity index (χ0v) is 15.1. The van der Waals surface area contributed by atoms with Crippen LogP contribution in [0.4, 0.5) is 5.69 Å². The predicted octanol–water partition coefficient (Wildman–Crippen LogP) is 3.82. The first-order valence-electron chi connectivity index (χ1n) is 9.31.